The molecule has 30 heavy (non-hydrogen) atoms. The van der Waals surface area contributed by atoms with Crippen LogP contribution in [-0.2, 0) is 4.79 Å². The van der Waals surface area contributed by atoms with Crippen molar-refractivity contribution in [3.63, 3.8) is 0 Å². The highest BCUT2D eigenvalue weighted by atomic mass is 19.4. The molecule has 2 atom stereocenters. The number of aliphatic hydroxyl groups is 1. The minimum atomic E-state index is -4.87. The summed E-state index contributed by atoms with van der Waals surface area (Å²) in [6.45, 7) is 0.450. The van der Waals surface area contributed by atoms with Crippen molar-refractivity contribution in [1.82, 2.24) is 10.2 Å². The van der Waals surface area contributed by atoms with Gasteiger partial charge in [-0.3, -0.25) is 4.79 Å². The van der Waals surface area contributed by atoms with Gasteiger partial charge in [0.1, 0.15) is 5.75 Å². The molecule has 3 N–H and O–H groups in total. The van der Waals surface area contributed by atoms with Crippen LogP contribution in [0.3, 0.4) is 0 Å². The van der Waals surface area contributed by atoms with Crippen LogP contribution >= 0.6 is 0 Å². The van der Waals surface area contributed by atoms with Crippen LogP contribution in [0.15, 0.2) is 24.3 Å². The van der Waals surface area contributed by atoms with Crippen molar-refractivity contribution in [2.45, 2.75) is 62.4 Å². The first-order valence-electron chi connectivity index (χ1n) is 9.94. The zero-order valence-corrected chi connectivity index (χ0v) is 16.3. The van der Waals surface area contributed by atoms with E-state index in [9.17, 15) is 27.9 Å². The van der Waals surface area contributed by atoms with Gasteiger partial charge in [-0.15, -0.1) is 13.2 Å². The highest BCUT2D eigenvalue weighted by Gasteiger charge is 2.46. The van der Waals surface area contributed by atoms with Crippen molar-refractivity contribution in [2.24, 2.45) is 0 Å². The normalized spacial score (nSPS) is 22.4. The van der Waals surface area contributed by atoms with E-state index in [0.29, 0.717) is 38.6 Å². The van der Waals surface area contributed by atoms with Crippen molar-refractivity contribution in [2.75, 3.05) is 13.1 Å². The number of rotatable bonds is 5. The number of ether oxygens (including phenoxy) is 1. The molecule has 0 spiro atoms. The lowest BCUT2D eigenvalue weighted by molar-refractivity contribution is -0.274. The molecule has 2 fully saturated rings. The van der Waals surface area contributed by atoms with Crippen LogP contribution < -0.4 is 10.1 Å². The Bertz CT molecular complexity index is 780. The van der Waals surface area contributed by atoms with E-state index in [1.807, 2.05) is 0 Å². The van der Waals surface area contributed by atoms with Gasteiger partial charge in [0.05, 0.1) is 17.6 Å². The summed E-state index contributed by atoms with van der Waals surface area (Å²) in [5.74, 6) is -1.93. The Morgan fingerprint density at radius 1 is 1.23 bits per heavy atom. The van der Waals surface area contributed by atoms with E-state index in [4.69, 9.17) is 5.11 Å². The lowest BCUT2D eigenvalue weighted by atomic mass is 9.72. The fourth-order valence-corrected chi connectivity index (χ4v) is 4.46. The van der Waals surface area contributed by atoms with E-state index in [1.54, 1.807) is 0 Å². The Kier molecular flexibility index (Phi) is 6.44. The number of amides is 2. The number of alkyl halides is 3. The summed E-state index contributed by atoms with van der Waals surface area (Å²) in [5.41, 5.74) is -1.13. The number of nitrogens with one attached hydrogen (secondary N) is 1. The Morgan fingerprint density at radius 3 is 2.57 bits per heavy atom. The monoisotopic (exact) mass is 430 g/mol. The van der Waals surface area contributed by atoms with E-state index in [0.717, 1.165) is 18.6 Å². The van der Waals surface area contributed by atoms with Crippen LogP contribution in [0.4, 0.5) is 18.0 Å². The maximum Gasteiger partial charge on any atom is 0.573 e. The Morgan fingerprint density at radius 2 is 1.93 bits per heavy atom. The smallest absolute Gasteiger partial charge is 0.465 e. The molecule has 2 amide bonds. The van der Waals surface area contributed by atoms with Crippen LogP contribution in [0.2, 0.25) is 0 Å². The Balaban J connectivity index is 1.89. The third-order valence-corrected chi connectivity index (χ3v) is 5.76. The van der Waals surface area contributed by atoms with Crippen LogP contribution in [0.25, 0.3) is 0 Å². The van der Waals surface area contributed by atoms with Gasteiger partial charge in [0.25, 0.3) is 0 Å². The van der Waals surface area contributed by atoms with Crippen LogP contribution in [0.5, 0.6) is 5.75 Å². The predicted molar refractivity (Wildman–Crippen MR) is 100 cm³/mol. The first-order valence-corrected chi connectivity index (χ1v) is 9.94. The van der Waals surface area contributed by atoms with Gasteiger partial charge in [-0.1, -0.05) is 31.4 Å². The van der Waals surface area contributed by atoms with Gasteiger partial charge in [-0.25, -0.2) is 4.79 Å². The highest BCUT2D eigenvalue weighted by molar-refractivity contribution is 5.85. The fourth-order valence-electron chi connectivity index (χ4n) is 4.46. The lowest BCUT2D eigenvalue weighted by Gasteiger charge is -2.40. The molecule has 1 saturated heterocycles. The Hall–Kier alpha value is -2.49. The number of likely N-dealkylation sites (tertiary alicyclic amines) is 1. The minimum absolute atomic E-state index is 0.149. The lowest BCUT2D eigenvalue weighted by Crippen LogP contribution is -2.48. The molecule has 0 bridgehead atoms. The quantitative estimate of drug-likeness (QED) is 0.666. The van der Waals surface area contributed by atoms with Crippen LogP contribution in [-0.4, -0.2) is 58.2 Å². The summed E-state index contributed by atoms with van der Waals surface area (Å²) >= 11 is 0. The topological polar surface area (TPSA) is 99.1 Å². The second-order valence-corrected chi connectivity index (χ2v) is 7.94. The van der Waals surface area contributed by atoms with Crippen molar-refractivity contribution in [3.8, 4) is 5.75 Å². The number of carboxylic acid groups (broad SMARTS) is 1. The summed E-state index contributed by atoms with van der Waals surface area (Å²) < 4.78 is 42.0. The second kappa shape index (κ2) is 8.71. The average Bonchev–Trinajstić information content (AvgIpc) is 3.09. The number of carbonyl (C=O) groups excluding carboxylic acids is 1. The number of hydrogen-bond acceptors (Lipinski definition) is 4. The maximum absolute atomic E-state index is 13.4. The summed E-state index contributed by atoms with van der Waals surface area (Å²) in [4.78, 5) is 25.8. The minimum Gasteiger partial charge on any atom is -0.465 e. The van der Waals surface area contributed by atoms with Gasteiger partial charge >= 0.3 is 12.5 Å². The molecule has 0 aromatic heterocycles. The van der Waals surface area contributed by atoms with Gasteiger partial charge in [0.2, 0.25) is 5.91 Å². The molecule has 166 valence electrons. The zero-order chi connectivity index (χ0) is 21.9. The molecule has 0 radical (unpaired) electrons. The van der Waals surface area contributed by atoms with Crippen LogP contribution in [0, 0.1) is 0 Å². The molecule has 1 saturated carbocycles. The van der Waals surface area contributed by atoms with Crippen molar-refractivity contribution in [3.05, 3.63) is 29.8 Å². The van der Waals surface area contributed by atoms with E-state index >= 15 is 0 Å². The predicted octanol–water partition coefficient (Wildman–Crippen LogP) is 3.23. The van der Waals surface area contributed by atoms with Gasteiger partial charge in [-0.2, -0.15) is 0 Å². The van der Waals surface area contributed by atoms with Gasteiger partial charge in [0, 0.05) is 13.1 Å². The third-order valence-electron chi connectivity index (χ3n) is 5.76. The van der Waals surface area contributed by atoms with Gasteiger partial charge < -0.3 is 25.2 Å². The van der Waals surface area contributed by atoms with Gasteiger partial charge in [0.15, 0.2) is 0 Å². The molecule has 1 aliphatic carbocycles. The number of nitrogens with zero attached hydrogens (tertiary/aromatic N) is 1. The molecule has 1 unspecified atom stereocenters. The fraction of sp³-hybridized carbons (Fsp3) is 0.600. The van der Waals surface area contributed by atoms with E-state index in [1.165, 1.54) is 17.0 Å². The number of carbonyl (C=O) groups is 2. The molecule has 3 rings (SSSR count). The summed E-state index contributed by atoms with van der Waals surface area (Å²) in [6, 6.07) is 4.74. The van der Waals surface area contributed by atoms with Crippen molar-refractivity contribution >= 4 is 12.0 Å². The zero-order valence-electron chi connectivity index (χ0n) is 16.3. The first-order chi connectivity index (χ1) is 14.1. The molecule has 10 heteroatoms. The standard InChI is InChI=1S/C20H25F3N2O5/c21-20(22,23)30-15-6-4-5-13(11-15)16(19(29)8-2-1-3-9-19)17(26)25-10-7-14(12-25)24-18(27)28/h4-6,11,14,16,24,29H,1-3,7-10,12H2,(H,27,28)/t14-,16?/m1/s1. The summed E-state index contributed by atoms with van der Waals surface area (Å²) in [6.07, 6.45) is -2.57. The summed E-state index contributed by atoms with van der Waals surface area (Å²) in [5, 5.41) is 22.6. The molecular weight excluding hydrogens is 405 g/mol. The number of hydrogen-bond donors (Lipinski definition) is 3. The van der Waals surface area contributed by atoms with Crippen molar-refractivity contribution in [1.29, 1.82) is 0 Å². The molecular formula is C20H25F3N2O5. The SMILES string of the molecule is O=C(O)N[C@@H]1CCN(C(=O)C(c2cccc(OC(F)(F)F)c2)C2(O)CCCCC2)C1. The van der Waals surface area contributed by atoms with Gasteiger partial charge in [-0.05, 0) is 37.0 Å². The maximum atomic E-state index is 13.4. The second-order valence-electron chi connectivity index (χ2n) is 7.94. The third kappa shape index (κ3) is 5.35. The van der Waals surface area contributed by atoms with E-state index in [2.05, 4.69) is 10.1 Å². The number of benzene rings is 1. The van der Waals surface area contributed by atoms with E-state index < -0.39 is 41.7 Å². The van der Waals surface area contributed by atoms with E-state index in [-0.39, 0.29) is 12.1 Å². The molecule has 7 nitrogen and oxygen atoms in total. The highest BCUT2D eigenvalue weighted by Crippen LogP contribution is 2.42. The van der Waals surface area contributed by atoms with Crippen molar-refractivity contribution < 1.29 is 37.7 Å². The average molecular weight is 430 g/mol. The number of halogens is 3. The Labute approximate surface area is 171 Å². The molecule has 1 aliphatic heterocycles. The first kappa shape index (κ1) is 22.2. The largest absolute Gasteiger partial charge is 0.573 e. The molecule has 1 aromatic carbocycles. The van der Waals surface area contributed by atoms with Crippen LogP contribution in [0.1, 0.15) is 50.0 Å². The molecule has 2 aliphatic rings. The summed E-state index contributed by atoms with van der Waals surface area (Å²) in [7, 11) is 0. The molecule has 1 aromatic rings. The molecule has 1 heterocycles.